The van der Waals surface area contributed by atoms with Gasteiger partial charge in [0, 0.05) is 11.8 Å². The highest BCUT2D eigenvalue weighted by Crippen LogP contribution is 2.91. The summed E-state index contributed by atoms with van der Waals surface area (Å²) in [7, 11) is 0. The maximum Gasteiger partial charge on any atom is 0.172 e. The number of rotatable bonds is 0. The third-order valence-electron chi connectivity index (χ3n) is 3.94. The molecule has 0 saturated heterocycles. The number of fused-ring (bicyclic) bond motifs is 1. The Balaban J connectivity index is 1.90. The van der Waals surface area contributed by atoms with Crippen LogP contribution in [-0.2, 0) is 0 Å². The van der Waals surface area contributed by atoms with Crippen molar-refractivity contribution in [3.8, 4) is 0 Å². The van der Waals surface area contributed by atoms with Gasteiger partial charge in [0.15, 0.2) is 4.58 Å². The fraction of sp³-hybridized carbons (Fsp3) is 1.00. The summed E-state index contributed by atoms with van der Waals surface area (Å²) in [6, 6.07) is 0. The predicted octanol–water partition coefficient (Wildman–Crippen LogP) is 3.01. The number of alkyl halides is 2. The molecule has 0 heterocycles. The SMILES string of the molecule is FC1(Br)CC12CC21CCC1. The van der Waals surface area contributed by atoms with E-state index >= 15 is 0 Å². The molecule has 0 aromatic rings. The van der Waals surface area contributed by atoms with Crippen molar-refractivity contribution in [3.05, 3.63) is 0 Å². The third-order valence-corrected chi connectivity index (χ3v) is 4.98. The molecule has 0 aliphatic heterocycles. The molecule has 0 radical (unpaired) electrons. The Morgan fingerprint density at radius 3 is 1.90 bits per heavy atom. The summed E-state index contributed by atoms with van der Waals surface area (Å²) in [5.74, 6) is 0. The van der Waals surface area contributed by atoms with Gasteiger partial charge in [0.1, 0.15) is 0 Å². The lowest BCUT2D eigenvalue weighted by molar-refractivity contribution is 0.229. The molecule has 0 nitrogen and oxygen atoms in total. The Morgan fingerprint density at radius 2 is 1.80 bits per heavy atom. The summed E-state index contributed by atoms with van der Waals surface area (Å²) < 4.78 is 12.3. The lowest BCUT2D eigenvalue weighted by Crippen LogP contribution is -2.17. The molecule has 0 amide bonds. The molecule has 0 N–H and O–H groups in total. The zero-order valence-electron chi connectivity index (χ0n) is 5.79. The molecular formula is C8H10BrF. The lowest BCUT2D eigenvalue weighted by atomic mass is 9.79. The monoisotopic (exact) mass is 204 g/mol. The first kappa shape index (κ1) is 5.99. The van der Waals surface area contributed by atoms with E-state index in [1.165, 1.54) is 25.7 Å². The number of hydrogen-bond acceptors (Lipinski definition) is 0. The molecule has 3 aliphatic rings. The van der Waals surface area contributed by atoms with Crippen LogP contribution >= 0.6 is 15.9 Å². The van der Waals surface area contributed by atoms with E-state index in [0.29, 0.717) is 5.41 Å². The molecule has 2 unspecified atom stereocenters. The maximum absolute atomic E-state index is 13.3. The molecule has 10 heavy (non-hydrogen) atoms. The van der Waals surface area contributed by atoms with Gasteiger partial charge in [0.25, 0.3) is 0 Å². The Morgan fingerprint density at radius 1 is 1.20 bits per heavy atom. The van der Waals surface area contributed by atoms with Crippen LogP contribution in [0.2, 0.25) is 0 Å². The van der Waals surface area contributed by atoms with Crippen LogP contribution in [0.15, 0.2) is 0 Å². The molecule has 2 atom stereocenters. The van der Waals surface area contributed by atoms with Crippen molar-refractivity contribution in [3.63, 3.8) is 0 Å². The standard InChI is InChI=1S/C8H10BrF/c9-8(10)5-7(8)4-6(7)2-1-3-6/h1-5H2. The minimum absolute atomic E-state index is 0.137. The van der Waals surface area contributed by atoms with Crippen molar-refractivity contribution in [2.75, 3.05) is 0 Å². The highest BCUT2D eigenvalue weighted by molar-refractivity contribution is 9.10. The average Bonchev–Trinajstić information content (AvgIpc) is 2.47. The Bertz CT molecular complexity index is 207. The van der Waals surface area contributed by atoms with Crippen LogP contribution < -0.4 is 0 Å². The first-order valence-corrected chi connectivity index (χ1v) is 4.79. The van der Waals surface area contributed by atoms with E-state index in [9.17, 15) is 4.39 Å². The maximum atomic E-state index is 13.3. The second-order valence-corrected chi connectivity index (χ2v) is 5.53. The van der Waals surface area contributed by atoms with Crippen molar-refractivity contribution in [1.29, 1.82) is 0 Å². The lowest BCUT2D eigenvalue weighted by Gasteiger charge is -2.26. The van der Waals surface area contributed by atoms with E-state index in [-0.39, 0.29) is 5.41 Å². The first-order chi connectivity index (χ1) is 4.62. The van der Waals surface area contributed by atoms with Crippen molar-refractivity contribution in [2.24, 2.45) is 10.8 Å². The topological polar surface area (TPSA) is 0 Å². The van der Waals surface area contributed by atoms with Gasteiger partial charge in [-0.15, -0.1) is 0 Å². The quantitative estimate of drug-likeness (QED) is 0.533. The van der Waals surface area contributed by atoms with Gasteiger partial charge in [-0.05, 0) is 40.6 Å². The molecule has 3 rings (SSSR count). The van der Waals surface area contributed by atoms with Crippen LogP contribution in [0.25, 0.3) is 0 Å². The average molecular weight is 205 g/mol. The van der Waals surface area contributed by atoms with Crippen LogP contribution in [-0.4, -0.2) is 4.58 Å². The van der Waals surface area contributed by atoms with Crippen LogP contribution in [0.5, 0.6) is 0 Å². The summed E-state index contributed by atoms with van der Waals surface area (Å²) in [4.78, 5) is 0. The van der Waals surface area contributed by atoms with E-state index < -0.39 is 4.58 Å². The van der Waals surface area contributed by atoms with Gasteiger partial charge < -0.3 is 0 Å². The Hall–Kier alpha value is 0.410. The Kier molecular flexibility index (Phi) is 0.727. The highest BCUT2D eigenvalue weighted by Gasteiger charge is 2.88. The van der Waals surface area contributed by atoms with Crippen molar-refractivity contribution in [1.82, 2.24) is 0 Å². The van der Waals surface area contributed by atoms with Crippen LogP contribution in [0.1, 0.15) is 32.1 Å². The van der Waals surface area contributed by atoms with Crippen LogP contribution in [0.3, 0.4) is 0 Å². The van der Waals surface area contributed by atoms with E-state index in [2.05, 4.69) is 15.9 Å². The molecular weight excluding hydrogens is 195 g/mol. The summed E-state index contributed by atoms with van der Waals surface area (Å²) in [5, 5.41) is 0. The predicted molar refractivity (Wildman–Crippen MR) is 40.7 cm³/mol. The summed E-state index contributed by atoms with van der Waals surface area (Å²) in [6.07, 6.45) is 5.89. The molecule has 0 bridgehead atoms. The van der Waals surface area contributed by atoms with E-state index in [4.69, 9.17) is 0 Å². The Labute approximate surface area is 68.3 Å². The molecule has 2 heteroatoms. The molecule has 3 aliphatic carbocycles. The van der Waals surface area contributed by atoms with Gasteiger partial charge in [-0.3, -0.25) is 0 Å². The van der Waals surface area contributed by atoms with Gasteiger partial charge >= 0.3 is 0 Å². The summed E-state index contributed by atoms with van der Waals surface area (Å²) in [5.41, 5.74) is 0.628. The number of halogens is 2. The smallest absolute Gasteiger partial charge is 0.172 e. The normalized spacial score (nSPS) is 60.6. The van der Waals surface area contributed by atoms with Gasteiger partial charge in [-0.25, -0.2) is 4.39 Å². The molecule has 0 aromatic heterocycles. The highest BCUT2D eigenvalue weighted by atomic mass is 79.9. The zero-order valence-corrected chi connectivity index (χ0v) is 7.38. The van der Waals surface area contributed by atoms with Crippen molar-refractivity contribution >= 4 is 15.9 Å². The van der Waals surface area contributed by atoms with E-state index in [0.717, 1.165) is 6.42 Å². The second kappa shape index (κ2) is 1.21. The van der Waals surface area contributed by atoms with Crippen LogP contribution in [0, 0.1) is 10.8 Å². The largest absolute Gasteiger partial charge is 0.231 e. The summed E-state index contributed by atoms with van der Waals surface area (Å²) in [6.45, 7) is 0. The minimum Gasteiger partial charge on any atom is -0.231 e. The molecule has 2 spiro atoms. The van der Waals surface area contributed by atoms with E-state index in [1.54, 1.807) is 0 Å². The molecule has 3 fully saturated rings. The first-order valence-electron chi connectivity index (χ1n) is 4.00. The van der Waals surface area contributed by atoms with Gasteiger partial charge in [-0.1, -0.05) is 6.42 Å². The van der Waals surface area contributed by atoms with Gasteiger partial charge in [0.05, 0.1) is 0 Å². The molecule has 3 saturated carbocycles. The van der Waals surface area contributed by atoms with Crippen molar-refractivity contribution < 1.29 is 4.39 Å². The fourth-order valence-corrected chi connectivity index (χ4v) is 3.93. The second-order valence-electron chi connectivity index (χ2n) is 4.27. The minimum atomic E-state index is -0.944. The molecule has 56 valence electrons. The van der Waals surface area contributed by atoms with Gasteiger partial charge in [0.2, 0.25) is 0 Å². The zero-order chi connectivity index (χ0) is 7.04. The molecule has 0 aromatic carbocycles. The third kappa shape index (κ3) is 0.390. The summed E-state index contributed by atoms with van der Waals surface area (Å²) >= 11 is 3.15. The van der Waals surface area contributed by atoms with Crippen LogP contribution in [0.4, 0.5) is 4.39 Å². The van der Waals surface area contributed by atoms with Gasteiger partial charge in [-0.2, -0.15) is 0 Å². The number of hydrogen-bond donors (Lipinski definition) is 0. The van der Waals surface area contributed by atoms with E-state index in [1.807, 2.05) is 0 Å². The fourth-order valence-electron chi connectivity index (χ4n) is 2.89. The van der Waals surface area contributed by atoms with Crippen molar-refractivity contribution in [2.45, 2.75) is 36.7 Å².